The van der Waals surface area contributed by atoms with Gasteiger partial charge in [0, 0.05) is 17.4 Å². The van der Waals surface area contributed by atoms with Gasteiger partial charge in [0.15, 0.2) is 0 Å². The van der Waals surface area contributed by atoms with Crippen molar-refractivity contribution >= 4 is 11.7 Å². The van der Waals surface area contributed by atoms with E-state index in [0.29, 0.717) is 6.54 Å². The summed E-state index contributed by atoms with van der Waals surface area (Å²) in [6, 6.07) is 29.6. The van der Waals surface area contributed by atoms with E-state index in [-0.39, 0.29) is 12.1 Å². The molecule has 0 unspecified atom stereocenters. The van der Waals surface area contributed by atoms with Crippen LogP contribution >= 0.6 is 0 Å². The molecule has 0 aliphatic carbocycles. The molecule has 7 nitrogen and oxygen atoms in total. The van der Waals surface area contributed by atoms with Crippen LogP contribution in [0, 0.1) is 6.92 Å². The number of rotatable bonds is 5. The average molecular weight is 518 g/mol. The Morgan fingerprint density at radius 2 is 1.82 bits per heavy atom. The fourth-order valence-corrected chi connectivity index (χ4v) is 5.43. The van der Waals surface area contributed by atoms with Gasteiger partial charge < -0.3 is 19.5 Å². The molecule has 1 N–H and O–H groups in total. The average Bonchev–Trinajstić information content (AvgIpc) is 3.54. The van der Waals surface area contributed by atoms with E-state index in [1.165, 1.54) is 0 Å². The third-order valence-electron chi connectivity index (χ3n) is 7.24. The van der Waals surface area contributed by atoms with Crippen molar-refractivity contribution in [1.82, 2.24) is 19.2 Å². The second-order valence-electron chi connectivity index (χ2n) is 9.76. The molecule has 3 aromatic carbocycles. The molecule has 0 bridgehead atoms. The SMILES string of the molecule is CCc1nn(-c2ccccc2)c2c1CN(C(=O)Nc1cccc(C)c1)[C@H](c1cccc(OC)c1)c1cccn1-2. The van der Waals surface area contributed by atoms with Crippen LogP contribution in [0.1, 0.15) is 41.0 Å². The number of methoxy groups -OCH3 is 1. The van der Waals surface area contributed by atoms with Gasteiger partial charge in [0.05, 0.1) is 36.8 Å². The lowest BCUT2D eigenvalue weighted by Crippen LogP contribution is -2.38. The van der Waals surface area contributed by atoms with Crippen LogP contribution in [0.15, 0.2) is 97.2 Å². The minimum absolute atomic E-state index is 0.177. The number of hydrogen-bond donors (Lipinski definition) is 1. The van der Waals surface area contributed by atoms with Crippen molar-refractivity contribution in [2.24, 2.45) is 0 Å². The van der Waals surface area contributed by atoms with Crippen LogP contribution in [0.4, 0.5) is 10.5 Å². The molecule has 0 saturated heterocycles. The number of anilines is 1. The van der Waals surface area contributed by atoms with Crippen LogP contribution in [-0.4, -0.2) is 32.4 Å². The fourth-order valence-electron chi connectivity index (χ4n) is 5.43. The zero-order chi connectivity index (χ0) is 26.9. The molecule has 2 aromatic heterocycles. The van der Waals surface area contributed by atoms with E-state index < -0.39 is 0 Å². The zero-order valence-corrected chi connectivity index (χ0v) is 22.3. The van der Waals surface area contributed by atoms with E-state index in [4.69, 9.17) is 9.84 Å². The summed E-state index contributed by atoms with van der Waals surface area (Å²) in [5, 5.41) is 8.19. The maximum absolute atomic E-state index is 14.1. The molecule has 196 valence electrons. The number of fused-ring (bicyclic) bond motifs is 3. The smallest absolute Gasteiger partial charge is 0.322 e. The molecule has 6 rings (SSSR count). The number of urea groups is 1. The third-order valence-corrected chi connectivity index (χ3v) is 7.24. The topological polar surface area (TPSA) is 64.3 Å². The highest BCUT2D eigenvalue weighted by atomic mass is 16.5. The molecule has 2 amide bonds. The summed E-state index contributed by atoms with van der Waals surface area (Å²) >= 11 is 0. The Bertz CT molecular complexity index is 1640. The Labute approximate surface area is 228 Å². The number of hydrogen-bond acceptors (Lipinski definition) is 3. The van der Waals surface area contributed by atoms with Gasteiger partial charge >= 0.3 is 6.03 Å². The van der Waals surface area contributed by atoms with Crippen molar-refractivity contribution < 1.29 is 9.53 Å². The molecule has 1 aliphatic rings. The normalized spacial score (nSPS) is 14.3. The number of amides is 2. The Morgan fingerprint density at radius 3 is 2.59 bits per heavy atom. The predicted octanol–water partition coefficient (Wildman–Crippen LogP) is 6.68. The van der Waals surface area contributed by atoms with Crippen molar-refractivity contribution in [2.75, 3.05) is 12.4 Å². The van der Waals surface area contributed by atoms with E-state index in [1.807, 2.05) is 83.2 Å². The molecule has 3 heterocycles. The molecule has 0 saturated carbocycles. The van der Waals surface area contributed by atoms with Crippen LogP contribution in [0.5, 0.6) is 5.75 Å². The molecule has 0 spiro atoms. The lowest BCUT2D eigenvalue weighted by Gasteiger charge is -2.31. The molecule has 0 radical (unpaired) electrons. The molecular formula is C32H31N5O2. The van der Waals surface area contributed by atoms with Crippen molar-refractivity contribution in [2.45, 2.75) is 32.9 Å². The lowest BCUT2D eigenvalue weighted by atomic mass is 10.0. The summed E-state index contributed by atoms with van der Waals surface area (Å²) in [7, 11) is 1.66. The first kappa shape index (κ1) is 24.6. The maximum atomic E-state index is 14.1. The van der Waals surface area contributed by atoms with Gasteiger partial charge in [-0.05, 0) is 73.0 Å². The summed E-state index contributed by atoms with van der Waals surface area (Å²) in [5.74, 6) is 1.70. The summed E-state index contributed by atoms with van der Waals surface area (Å²) in [5.41, 5.74) is 6.76. The van der Waals surface area contributed by atoms with Gasteiger partial charge in [-0.25, -0.2) is 9.48 Å². The number of carbonyl (C=O) groups is 1. The first-order valence-electron chi connectivity index (χ1n) is 13.2. The summed E-state index contributed by atoms with van der Waals surface area (Å²) in [6.45, 7) is 4.52. The van der Waals surface area contributed by atoms with Crippen LogP contribution in [0.3, 0.4) is 0 Å². The molecule has 7 heteroatoms. The van der Waals surface area contributed by atoms with Gasteiger partial charge in [-0.3, -0.25) is 0 Å². The number of nitrogens with one attached hydrogen (secondary N) is 1. The maximum Gasteiger partial charge on any atom is 0.322 e. The Morgan fingerprint density at radius 1 is 1.00 bits per heavy atom. The van der Waals surface area contributed by atoms with Crippen molar-refractivity contribution in [3.05, 3.63) is 125 Å². The van der Waals surface area contributed by atoms with Gasteiger partial charge in [0.2, 0.25) is 0 Å². The van der Waals surface area contributed by atoms with Gasteiger partial charge in [-0.15, -0.1) is 0 Å². The van der Waals surface area contributed by atoms with Crippen molar-refractivity contribution in [1.29, 1.82) is 0 Å². The van der Waals surface area contributed by atoms with E-state index in [2.05, 4.69) is 47.3 Å². The summed E-state index contributed by atoms with van der Waals surface area (Å²) < 4.78 is 9.75. The van der Waals surface area contributed by atoms with Gasteiger partial charge in [0.1, 0.15) is 11.6 Å². The molecule has 1 atom stereocenters. The number of benzene rings is 3. The van der Waals surface area contributed by atoms with Crippen molar-refractivity contribution in [3.8, 4) is 17.3 Å². The molecule has 0 fully saturated rings. The zero-order valence-electron chi connectivity index (χ0n) is 22.3. The second-order valence-corrected chi connectivity index (χ2v) is 9.76. The van der Waals surface area contributed by atoms with Gasteiger partial charge in [0.25, 0.3) is 0 Å². The van der Waals surface area contributed by atoms with Crippen LogP contribution < -0.4 is 10.1 Å². The van der Waals surface area contributed by atoms with Crippen LogP contribution in [0.2, 0.25) is 0 Å². The minimum atomic E-state index is -0.360. The Kier molecular flexibility index (Phi) is 6.40. The quantitative estimate of drug-likeness (QED) is 0.283. The fraction of sp³-hybridized carbons (Fsp3) is 0.188. The van der Waals surface area contributed by atoms with Crippen LogP contribution in [-0.2, 0) is 13.0 Å². The van der Waals surface area contributed by atoms with Crippen molar-refractivity contribution in [3.63, 3.8) is 0 Å². The highest BCUT2D eigenvalue weighted by molar-refractivity contribution is 5.90. The van der Waals surface area contributed by atoms with Gasteiger partial charge in [-0.2, -0.15) is 5.10 Å². The predicted molar refractivity (Wildman–Crippen MR) is 153 cm³/mol. The molecule has 5 aromatic rings. The first-order chi connectivity index (χ1) is 19.1. The number of aryl methyl sites for hydroxylation is 2. The standard InChI is InChI=1S/C32H31N5O2/c1-4-28-27-21-36(32(38)33-24-13-8-11-22(2)19-24)30(23-12-9-16-26(20-23)39-3)29-17-10-18-35(29)31(27)37(34-28)25-14-6-5-7-15-25/h5-20,30H,4,21H2,1-3H3,(H,33,38)/t30-/m1/s1. The molecular weight excluding hydrogens is 486 g/mol. The number of carbonyl (C=O) groups excluding carboxylic acids is 1. The van der Waals surface area contributed by atoms with E-state index >= 15 is 0 Å². The number of aromatic nitrogens is 3. The number of ether oxygens (including phenoxy) is 1. The number of para-hydroxylation sites is 1. The minimum Gasteiger partial charge on any atom is -0.497 e. The highest BCUT2D eigenvalue weighted by Crippen LogP contribution is 2.39. The molecule has 1 aliphatic heterocycles. The second kappa shape index (κ2) is 10.2. The Balaban J connectivity index is 1.56. The first-order valence-corrected chi connectivity index (χ1v) is 13.2. The van der Waals surface area contributed by atoms with E-state index in [0.717, 1.165) is 57.4 Å². The van der Waals surface area contributed by atoms with E-state index in [9.17, 15) is 4.79 Å². The number of nitrogens with zero attached hydrogens (tertiary/aromatic N) is 4. The largest absolute Gasteiger partial charge is 0.497 e. The monoisotopic (exact) mass is 517 g/mol. The summed E-state index contributed by atoms with van der Waals surface area (Å²) in [6.07, 6.45) is 2.81. The van der Waals surface area contributed by atoms with E-state index in [1.54, 1.807) is 7.11 Å². The Hall–Kier alpha value is -4.78. The highest BCUT2D eigenvalue weighted by Gasteiger charge is 2.36. The third kappa shape index (κ3) is 4.46. The lowest BCUT2D eigenvalue weighted by molar-refractivity contribution is 0.194. The summed E-state index contributed by atoms with van der Waals surface area (Å²) in [4.78, 5) is 16.0. The van der Waals surface area contributed by atoms with Gasteiger partial charge in [-0.1, -0.05) is 49.4 Å². The van der Waals surface area contributed by atoms with Crippen LogP contribution in [0.25, 0.3) is 11.5 Å². The molecule has 39 heavy (non-hydrogen) atoms.